The van der Waals surface area contributed by atoms with Crippen LogP contribution in [0.15, 0.2) is 30.7 Å². The van der Waals surface area contributed by atoms with Crippen LogP contribution in [0.4, 0.5) is 11.6 Å². The summed E-state index contributed by atoms with van der Waals surface area (Å²) in [5.74, 6) is 0.223. The molecule has 0 bridgehead atoms. The summed E-state index contributed by atoms with van der Waals surface area (Å²) in [6.07, 6.45) is 5.20. The summed E-state index contributed by atoms with van der Waals surface area (Å²) in [5.41, 5.74) is 8.94. The van der Waals surface area contributed by atoms with Gasteiger partial charge in [0, 0.05) is 36.4 Å². The van der Waals surface area contributed by atoms with E-state index in [1.165, 1.54) is 0 Å². The molecule has 8 heteroatoms. The Balaban J connectivity index is 2.04. The predicted octanol–water partition coefficient (Wildman–Crippen LogP) is 0.936. The summed E-state index contributed by atoms with van der Waals surface area (Å²) in [6, 6.07) is 3.60. The topological polar surface area (TPSA) is 116 Å². The van der Waals surface area contributed by atoms with E-state index < -0.39 is 0 Å². The third-order valence-corrected chi connectivity index (χ3v) is 3.69. The van der Waals surface area contributed by atoms with Crippen LogP contribution in [0.1, 0.15) is 0 Å². The maximum Gasteiger partial charge on any atom is 0.220 e. The first-order chi connectivity index (χ1) is 11.6. The van der Waals surface area contributed by atoms with Crippen LogP contribution in [0.2, 0.25) is 0 Å². The lowest BCUT2D eigenvalue weighted by molar-refractivity contribution is 0.246. The molecule has 3 rings (SSSR count). The van der Waals surface area contributed by atoms with Crippen molar-refractivity contribution >= 4 is 22.7 Å². The number of aromatic amines is 1. The summed E-state index contributed by atoms with van der Waals surface area (Å²) in [4.78, 5) is 17.8. The van der Waals surface area contributed by atoms with Crippen LogP contribution in [0.5, 0.6) is 0 Å². The van der Waals surface area contributed by atoms with Crippen molar-refractivity contribution in [2.45, 2.75) is 6.04 Å². The first-order valence-corrected chi connectivity index (χ1v) is 7.65. The second kappa shape index (κ2) is 6.81. The monoisotopic (exact) mass is 327 g/mol. The molecule has 0 fully saturated rings. The summed E-state index contributed by atoms with van der Waals surface area (Å²) < 4.78 is 0. The fourth-order valence-electron chi connectivity index (χ4n) is 2.71. The van der Waals surface area contributed by atoms with E-state index in [1.54, 1.807) is 18.5 Å². The molecule has 24 heavy (non-hydrogen) atoms. The highest BCUT2D eigenvalue weighted by molar-refractivity contribution is 6.01. The van der Waals surface area contributed by atoms with Gasteiger partial charge in [0.2, 0.25) is 5.95 Å². The number of fused-ring (bicyclic) bond motifs is 1. The Bertz CT molecular complexity index is 830. The van der Waals surface area contributed by atoms with Gasteiger partial charge in [-0.05, 0) is 26.2 Å². The lowest BCUT2D eigenvalue weighted by Crippen LogP contribution is -2.35. The van der Waals surface area contributed by atoms with Crippen LogP contribution in [-0.4, -0.2) is 63.2 Å². The van der Waals surface area contributed by atoms with Crippen molar-refractivity contribution in [3.05, 3.63) is 30.7 Å². The van der Waals surface area contributed by atoms with Crippen LogP contribution < -0.4 is 11.1 Å². The molecule has 8 nitrogen and oxygen atoms in total. The van der Waals surface area contributed by atoms with Crippen LogP contribution in [0, 0.1) is 0 Å². The fourth-order valence-corrected chi connectivity index (χ4v) is 2.71. The van der Waals surface area contributed by atoms with E-state index in [2.05, 4.69) is 25.3 Å². The largest absolute Gasteiger partial charge is 0.394 e. The highest BCUT2D eigenvalue weighted by Gasteiger charge is 2.16. The summed E-state index contributed by atoms with van der Waals surface area (Å²) >= 11 is 0. The number of aliphatic hydroxyl groups excluding tert-OH is 1. The molecule has 0 spiro atoms. The average molecular weight is 327 g/mol. The first-order valence-electron chi connectivity index (χ1n) is 7.65. The van der Waals surface area contributed by atoms with Gasteiger partial charge in [0.25, 0.3) is 0 Å². The van der Waals surface area contributed by atoms with Crippen LogP contribution in [0.25, 0.3) is 22.3 Å². The summed E-state index contributed by atoms with van der Waals surface area (Å²) in [6.45, 7) is 0.739. The van der Waals surface area contributed by atoms with Crippen molar-refractivity contribution in [1.82, 2.24) is 24.8 Å². The Labute approximate surface area is 139 Å². The van der Waals surface area contributed by atoms with Gasteiger partial charge in [-0.1, -0.05) is 0 Å². The normalized spacial score (nSPS) is 12.7. The van der Waals surface area contributed by atoms with E-state index in [1.807, 2.05) is 31.3 Å². The number of pyridine rings is 1. The molecule has 1 unspecified atom stereocenters. The summed E-state index contributed by atoms with van der Waals surface area (Å²) in [5, 5.41) is 13.9. The number of nitrogen functional groups attached to an aromatic ring is 1. The lowest BCUT2D eigenvalue weighted by Gasteiger charge is -2.22. The molecule has 1 atom stereocenters. The number of hydrogen-bond donors (Lipinski definition) is 4. The molecule has 0 radical (unpaired) electrons. The molecule has 0 aliphatic heterocycles. The number of hydrogen-bond acceptors (Lipinski definition) is 7. The highest BCUT2D eigenvalue weighted by atomic mass is 16.3. The number of anilines is 2. The minimum atomic E-state index is -0.0937. The van der Waals surface area contributed by atoms with Gasteiger partial charge in [-0.3, -0.25) is 0 Å². The Morgan fingerprint density at radius 3 is 2.79 bits per heavy atom. The molecule has 0 aliphatic carbocycles. The number of likely N-dealkylation sites (N-methyl/N-ethyl adjacent to an activating group) is 1. The van der Waals surface area contributed by atoms with Crippen LogP contribution in [-0.2, 0) is 0 Å². The predicted molar refractivity (Wildman–Crippen MR) is 94.6 cm³/mol. The third-order valence-electron chi connectivity index (χ3n) is 3.69. The maximum absolute atomic E-state index is 9.63. The van der Waals surface area contributed by atoms with Gasteiger partial charge in [-0.25, -0.2) is 15.0 Å². The zero-order valence-corrected chi connectivity index (χ0v) is 13.7. The molecule has 3 aromatic rings. The van der Waals surface area contributed by atoms with Crippen molar-refractivity contribution < 1.29 is 5.11 Å². The fraction of sp³-hybridized carbons (Fsp3) is 0.312. The summed E-state index contributed by atoms with van der Waals surface area (Å²) in [7, 11) is 3.94. The Kier molecular flexibility index (Phi) is 4.59. The van der Waals surface area contributed by atoms with Crippen molar-refractivity contribution in [1.29, 1.82) is 0 Å². The molecule has 3 heterocycles. The first kappa shape index (κ1) is 16.2. The number of nitrogens with zero attached hydrogens (tertiary/aromatic N) is 4. The number of nitrogens with one attached hydrogen (secondary N) is 2. The van der Waals surface area contributed by atoms with E-state index in [9.17, 15) is 5.11 Å². The molecule has 0 saturated heterocycles. The smallest absolute Gasteiger partial charge is 0.220 e. The van der Waals surface area contributed by atoms with Crippen molar-refractivity contribution in [2.75, 3.05) is 38.3 Å². The second-order valence-electron chi connectivity index (χ2n) is 5.87. The lowest BCUT2D eigenvalue weighted by atomic mass is 10.1. The molecule has 0 amide bonds. The molecular formula is C16H21N7O. The van der Waals surface area contributed by atoms with Crippen molar-refractivity contribution in [3.8, 4) is 11.3 Å². The second-order valence-corrected chi connectivity index (χ2v) is 5.87. The maximum atomic E-state index is 9.63. The SMILES string of the molecule is CN(C)CC(CO)Nc1ccnc2[nH]cc(-c3ccnc(N)n3)c12. The van der Waals surface area contributed by atoms with Gasteiger partial charge >= 0.3 is 0 Å². The van der Waals surface area contributed by atoms with Crippen molar-refractivity contribution in [3.63, 3.8) is 0 Å². The molecule has 0 saturated carbocycles. The molecule has 3 aromatic heterocycles. The molecular weight excluding hydrogens is 306 g/mol. The van der Waals surface area contributed by atoms with Gasteiger partial charge < -0.3 is 26.0 Å². The Morgan fingerprint density at radius 1 is 1.29 bits per heavy atom. The quantitative estimate of drug-likeness (QED) is 0.532. The zero-order chi connectivity index (χ0) is 17.1. The molecule has 126 valence electrons. The van der Waals surface area contributed by atoms with Gasteiger partial charge in [-0.2, -0.15) is 0 Å². The van der Waals surface area contributed by atoms with E-state index >= 15 is 0 Å². The van der Waals surface area contributed by atoms with E-state index in [4.69, 9.17) is 5.73 Å². The number of aromatic nitrogens is 4. The number of aliphatic hydroxyl groups is 1. The van der Waals surface area contributed by atoms with Gasteiger partial charge in [0.1, 0.15) is 5.65 Å². The molecule has 0 aromatic carbocycles. The van der Waals surface area contributed by atoms with Gasteiger partial charge in [-0.15, -0.1) is 0 Å². The minimum absolute atomic E-state index is 0.0300. The standard InChI is InChI=1S/C16H21N7O/c1-23(2)8-10(9-24)21-13-4-5-18-15-14(13)11(7-20-15)12-3-6-19-16(17)22-12/h3-7,10,24H,8-9H2,1-2H3,(H2,17,19,22)(H2,18,20,21). The van der Waals surface area contributed by atoms with Gasteiger partial charge in [0.15, 0.2) is 0 Å². The van der Waals surface area contributed by atoms with E-state index in [-0.39, 0.29) is 18.6 Å². The van der Waals surface area contributed by atoms with Crippen LogP contribution in [0.3, 0.4) is 0 Å². The highest BCUT2D eigenvalue weighted by Crippen LogP contribution is 2.32. The zero-order valence-electron chi connectivity index (χ0n) is 13.7. The molecule has 0 aliphatic rings. The van der Waals surface area contributed by atoms with Gasteiger partial charge in [0.05, 0.1) is 23.7 Å². The number of nitrogens with two attached hydrogens (primary N) is 1. The number of rotatable bonds is 6. The third kappa shape index (κ3) is 3.29. The Hall–Kier alpha value is -2.71. The Morgan fingerprint density at radius 2 is 2.08 bits per heavy atom. The minimum Gasteiger partial charge on any atom is -0.394 e. The average Bonchev–Trinajstić information content (AvgIpc) is 2.99. The van der Waals surface area contributed by atoms with E-state index in [0.29, 0.717) is 6.54 Å². The molecule has 5 N–H and O–H groups in total. The van der Waals surface area contributed by atoms with Crippen LogP contribution >= 0.6 is 0 Å². The van der Waals surface area contributed by atoms with Crippen molar-refractivity contribution in [2.24, 2.45) is 0 Å². The number of H-pyrrole nitrogens is 1. The van der Waals surface area contributed by atoms with E-state index in [0.717, 1.165) is 28.0 Å².